The number of benzene rings is 2. The van der Waals surface area contributed by atoms with Crippen molar-refractivity contribution < 1.29 is 27.6 Å². The SMILES string of the molecule is O=C(NCC1CC1)Nc1ccc(C(=O)N2CCN(Cc3cccc(C(=O)CC4CC(F)(F)C4)c3)CC2)cc1F. The molecule has 2 aromatic carbocycles. The number of amides is 3. The van der Waals surface area contributed by atoms with Gasteiger partial charge in [0, 0.05) is 69.7 Å². The molecule has 2 saturated carbocycles. The summed E-state index contributed by atoms with van der Waals surface area (Å²) in [6.07, 6.45) is 1.91. The normalized spacial score (nSPS) is 19.3. The number of hydrogen-bond acceptors (Lipinski definition) is 4. The highest BCUT2D eigenvalue weighted by Gasteiger charge is 2.45. The monoisotopic (exact) mass is 542 g/mol. The van der Waals surface area contributed by atoms with Crippen LogP contribution in [0.2, 0.25) is 0 Å². The molecule has 7 nitrogen and oxygen atoms in total. The molecule has 3 amide bonds. The number of urea groups is 1. The van der Waals surface area contributed by atoms with Crippen molar-refractivity contribution in [3.05, 3.63) is 65.0 Å². The molecule has 2 N–H and O–H groups in total. The van der Waals surface area contributed by atoms with Gasteiger partial charge in [0.15, 0.2) is 5.78 Å². The standard InChI is InChI=1S/C29H33F3N4O3/c30-24-14-23(6-7-25(24)34-28(39)33-17-19-4-5-19)27(38)36-10-8-35(9-11-36)18-20-2-1-3-22(12-20)26(37)13-21-15-29(31,32)16-21/h1-3,6-7,12,14,19,21H,4-5,8-11,13,15-18H2,(H2,33,34,39). The maximum absolute atomic E-state index is 14.6. The van der Waals surface area contributed by atoms with Gasteiger partial charge >= 0.3 is 6.03 Å². The molecular weight excluding hydrogens is 509 g/mol. The van der Waals surface area contributed by atoms with Gasteiger partial charge in [-0.05, 0) is 54.5 Å². The van der Waals surface area contributed by atoms with Crippen LogP contribution in [0.25, 0.3) is 0 Å². The molecule has 2 aromatic rings. The second-order valence-electron chi connectivity index (χ2n) is 11.0. The molecule has 0 radical (unpaired) electrons. The third-order valence-corrected chi connectivity index (χ3v) is 7.68. The van der Waals surface area contributed by atoms with Gasteiger partial charge in [0.1, 0.15) is 5.82 Å². The fourth-order valence-electron chi connectivity index (χ4n) is 5.18. The smallest absolute Gasteiger partial charge is 0.319 e. The minimum absolute atomic E-state index is 0.0241. The van der Waals surface area contributed by atoms with Crippen LogP contribution < -0.4 is 10.6 Å². The van der Waals surface area contributed by atoms with Crippen LogP contribution >= 0.6 is 0 Å². The number of nitrogens with zero attached hydrogens (tertiary/aromatic N) is 2. The van der Waals surface area contributed by atoms with Crippen LogP contribution in [0, 0.1) is 17.7 Å². The number of hydrogen-bond donors (Lipinski definition) is 2. The predicted molar refractivity (Wildman–Crippen MR) is 140 cm³/mol. The number of alkyl halides is 2. The number of carbonyl (C=O) groups is 3. The summed E-state index contributed by atoms with van der Waals surface area (Å²) in [5, 5.41) is 5.21. The summed E-state index contributed by atoms with van der Waals surface area (Å²) in [7, 11) is 0. The van der Waals surface area contributed by atoms with E-state index in [2.05, 4.69) is 15.5 Å². The number of piperazine rings is 1. The molecule has 1 heterocycles. The highest BCUT2D eigenvalue weighted by atomic mass is 19.3. The van der Waals surface area contributed by atoms with E-state index < -0.39 is 17.8 Å². The highest BCUT2D eigenvalue weighted by molar-refractivity contribution is 5.97. The van der Waals surface area contributed by atoms with Crippen molar-refractivity contribution in [2.75, 3.05) is 38.0 Å². The zero-order valence-corrected chi connectivity index (χ0v) is 21.7. The Bertz CT molecular complexity index is 1230. The maximum atomic E-state index is 14.6. The molecule has 0 spiro atoms. The molecule has 0 aromatic heterocycles. The topological polar surface area (TPSA) is 81.8 Å². The number of nitrogens with one attached hydrogen (secondary N) is 2. The van der Waals surface area contributed by atoms with Crippen LogP contribution in [0.3, 0.4) is 0 Å². The van der Waals surface area contributed by atoms with Crippen LogP contribution in [0.5, 0.6) is 0 Å². The Morgan fingerprint density at radius 1 is 0.923 bits per heavy atom. The van der Waals surface area contributed by atoms with E-state index in [-0.39, 0.29) is 48.1 Å². The van der Waals surface area contributed by atoms with Crippen molar-refractivity contribution in [3.8, 4) is 0 Å². The predicted octanol–water partition coefficient (Wildman–Crippen LogP) is 4.93. The quantitative estimate of drug-likeness (QED) is 0.440. The fourth-order valence-corrected chi connectivity index (χ4v) is 5.18. The molecule has 208 valence electrons. The molecule has 3 fully saturated rings. The maximum Gasteiger partial charge on any atom is 0.319 e. The molecule has 0 bridgehead atoms. The first-order chi connectivity index (χ1) is 18.6. The summed E-state index contributed by atoms with van der Waals surface area (Å²) in [6.45, 7) is 3.35. The number of rotatable bonds is 9. The Hall–Kier alpha value is -3.40. The lowest BCUT2D eigenvalue weighted by molar-refractivity contribution is -0.109. The molecule has 10 heteroatoms. The average Bonchev–Trinajstić information content (AvgIpc) is 3.72. The van der Waals surface area contributed by atoms with Crippen molar-refractivity contribution in [2.24, 2.45) is 11.8 Å². The summed E-state index contributed by atoms with van der Waals surface area (Å²) in [5.41, 5.74) is 1.74. The minimum atomic E-state index is -2.63. The summed E-state index contributed by atoms with van der Waals surface area (Å²) < 4.78 is 40.8. The van der Waals surface area contributed by atoms with Gasteiger partial charge in [-0.1, -0.05) is 18.2 Å². The fraction of sp³-hybridized carbons (Fsp3) is 0.483. The van der Waals surface area contributed by atoms with Gasteiger partial charge in [0.25, 0.3) is 5.91 Å². The third kappa shape index (κ3) is 7.17. The molecule has 0 atom stereocenters. The summed E-state index contributed by atoms with van der Waals surface area (Å²) in [5.74, 6) is -3.41. The number of anilines is 1. The van der Waals surface area contributed by atoms with Crippen LogP contribution in [-0.4, -0.2) is 66.2 Å². The number of Topliss-reactive ketones (excluding diaryl/α,β-unsaturated/α-hetero) is 1. The first kappa shape index (κ1) is 27.2. The zero-order chi connectivity index (χ0) is 27.6. The average molecular weight is 543 g/mol. The molecular formula is C29H33F3N4O3. The Morgan fingerprint density at radius 3 is 2.33 bits per heavy atom. The molecule has 3 aliphatic rings. The van der Waals surface area contributed by atoms with Crippen LogP contribution in [0.15, 0.2) is 42.5 Å². The lowest BCUT2D eigenvalue weighted by Crippen LogP contribution is -2.48. The summed E-state index contributed by atoms with van der Waals surface area (Å²) >= 11 is 0. The van der Waals surface area contributed by atoms with Gasteiger partial charge in [-0.15, -0.1) is 0 Å². The van der Waals surface area contributed by atoms with E-state index in [0.717, 1.165) is 24.5 Å². The zero-order valence-electron chi connectivity index (χ0n) is 21.7. The Kier molecular flexibility index (Phi) is 7.93. The first-order valence-electron chi connectivity index (χ1n) is 13.5. The Morgan fingerprint density at radius 2 is 1.67 bits per heavy atom. The third-order valence-electron chi connectivity index (χ3n) is 7.68. The van der Waals surface area contributed by atoms with Crippen molar-refractivity contribution in [3.63, 3.8) is 0 Å². The Labute approximate surface area is 225 Å². The van der Waals surface area contributed by atoms with E-state index >= 15 is 0 Å². The van der Waals surface area contributed by atoms with Crippen molar-refractivity contribution in [1.29, 1.82) is 0 Å². The lowest BCUT2D eigenvalue weighted by atomic mass is 9.77. The lowest BCUT2D eigenvalue weighted by Gasteiger charge is -2.35. The summed E-state index contributed by atoms with van der Waals surface area (Å²) in [6, 6.07) is 10.9. The van der Waals surface area contributed by atoms with Gasteiger partial charge in [-0.2, -0.15) is 0 Å². The van der Waals surface area contributed by atoms with Crippen LogP contribution in [0.4, 0.5) is 23.7 Å². The number of ketones is 1. The largest absolute Gasteiger partial charge is 0.338 e. The molecule has 39 heavy (non-hydrogen) atoms. The van der Waals surface area contributed by atoms with Gasteiger partial charge in [-0.3, -0.25) is 14.5 Å². The van der Waals surface area contributed by atoms with Crippen molar-refractivity contribution >= 4 is 23.4 Å². The van der Waals surface area contributed by atoms with E-state index in [1.807, 2.05) is 18.2 Å². The van der Waals surface area contributed by atoms with E-state index in [4.69, 9.17) is 0 Å². The van der Waals surface area contributed by atoms with Gasteiger partial charge in [-0.25, -0.2) is 18.0 Å². The van der Waals surface area contributed by atoms with E-state index in [1.165, 1.54) is 12.1 Å². The van der Waals surface area contributed by atoms with Gasteiger partial charge in [0.2, 0.25) is 5.92 Å². The minimum Gasteiger partial charge on any atom is -0.338 e. The van der Waals surface area contributed by atoms with E-state index in [1.54, 1.807) is 11.0 Å². The molecule has 1 aliphatic heterocycles. The number of halogens is 3. The first-order valence-corrected chi connectivity index (χ1v) is 13.5. The van der Waals surface area contributed by atoms with Crippen LogP contribution in [-0.2, 0) is 6.54 Å². The molecule has 1 saturated heterocycles. The van der Waals surface area contributed by atoms with E-state index in [9.17, 15) is 27.6 Å². The molecule has 5 rings (SSSR count). The Balaban J connectivity index is 1.09. The van der Waals surface area contributed by atoms with Crippen LogP contribution in [0.1, 0.15) is 58.4 Å². The second-order valence-corrected chi connectivity index (χ2v) is 11.0. The molecule has 0 unspecified atom stereocenters. The van der Waals surface area contributed by atoms with E-state index in [0.29, 0.717) is 50.7 Å². The van der Waals surface area contributed by atoms with Gasteiger partial charge < -0.3 is 15.5 Å². The van der Waals surface area contributed by atoms with Gasteiger partial charge in [0.05, 0.1) is 5.69 Å². The number of carbonyl (C=O) groups excluding carboxylic acids is 3. The van der Waals surface area contributed by atoms with Crippen molar-refractivity contribution in [1.82, 2.24) is 15.1 Å². The molecule has 2 aliphatic carbocycles. The van der Waals surface area contributed by atoms with Crippen molar-refractivity contribution in [2.45, 2.75) is 44.6 Å². The second kappa shape index (κ2) is 11.4. The highest BCUT2D eigenvalue weighted by Crippen LogP contribution is 2.44. The summed E-state index contributed by atoms with van der Waals surface area (Å²) in [4.78, 5) is 41.3.